The number of unbranched alkanes of at least 4 members (excludes halogenated alkanes) is 2. The van der Waals surface area contributed by atoms with Crippen LogP contribution in [0.4, 0.5) is 0 Å². The van der Waals surface area contributed by atoms with Crippen molar-refractivity contribution in [3.63, 3.8) is 0 Å². The van der Waals surface area contributed by atoms with Gasteiger partial charge in [-0.15, -0.1) is 0 Å². The van der Waals surface area contributed by atoms with Crippen LogP contribution in [-0.2, 0) is 4.79 Å². The summed E-state index contributed by atoms with van der Waals surface area (Å²) in [5, 5.41) is 11.2. The second-order valence-electron chi connectivity index (χ2n) is 4.83. The van der Waals surface area contributed by atoms with Gasteiger partial charge in [0.1, 0.15) is 5.78 Å². The molecular formula is C13H23NO3. The van der Waals surface area contributed by atoms with Crippen molar-refractivity contribution >= 4 is 5.78 Å². The molecule has 0 fully saturated rings. The topological polar surface area (TPSA) is 60.2 Å². The number of nitrogens with zero attached hydrogens (tertiary/aromatic N) is 1. The summed E-state index contributed by atoms with van der Waals surface area (Å²) >= 11 is 0. The Hall–Kier alpha value is -1.19. The number of ketones is 1. The largest absolute Gasteiger partial charge is 0.300 e. The predicted octanol–water partition coefficient (Wildman–Crippen LogP) is 3.38. The van der Waals surface area contributed by atoms with E-state index in [0.717, 1.165) is 19.3 Å². The molecule has 0 heterocycles. The monoisotopic (exact) mass is 241 g/mol. The zero-order valence-electron chi connectivity index (χ0n) is 11.2. The van der Waals surface area contributed by atoms with Gasteiger partial charge in [0, 0.05) is 24.2 Å². The van der Waals surface area contributed by atoms with E-state index in [1.807, 2.05) is 6.08 Å². The number of Topliss-reactive ketones (excluding diaryl/α,β-unsaturated/α-hetero) is 1. The molecule has 4 nitrogen and oxygen atoms in total. The van der Waals surface area contributed by atoms with E-state index in [1.54, 1.807) is 19.9 Å². The fourth-order valence-corrected chi connectivity index (χ4v) is 1.69. The Balaban J connectivity index is 4.72. The lowest BCUT2D eigenvalue weighted by molar-refractivity contribution is -0.560. The first-order valence-electron chi connectivity index (χ1n) is 6.16. The Kier molecular flexibility index (Phi) is 6.69. The number of hydrogen-bond donors (Lipinski definition) is 0. The third kappa shape index (κ3) is 5.11. The van der Waals surface area contributed by atoms with Gasteiger partial charge in [0.05, 0.1) is 0 Å². The maximum absolute atomic E-state index is 11.2. The third-order valence-electron chi connectivity index (χ3n) is 3.16. The molecule has 98 valence electrons. The Bertz CT molecular complexity index is 299. The molecular weight excluding hydrogens is 218 g/mol. The van der Waals surface area contributed by atoms with Crippen LogP contribution in [0.2, 0.25) is 0 Å². The van der Waals surface area contributed by atoms with Crippen molar-refractivity contribution in [2.45, 2.75) is 58.9 Å². The number of carbonyl (C=O) groups is 1. The van der Waals surface area contributed by atoms with Gasteiger partial charge in [0.2, 0.25) is 5.54 Å². The minimum Gasteiger partial charge on any atom is -0.300 e. The Morgan fingerprint density at radius 3 is 2.53 bits per heavy atom. The van der Waals surface area contributed by atoms with Crippen molar-refractivity contribution in [3.05, 3.63) is 22.3 Å². The highest BCUT2D eigenvalue weighted by atomic mass is 16.6. The summed E-state index contributed by atoms with van der Waals surface area (Å²) in [6.45, 7) is 6.90. The summed E-state index contributed by atoms with van der Waals surface area (Å²) < 4.78 is 0. The Labute approximate surface area is 103 Å². The lowest BCUT2D eigenvalue weighted by Gasteiger charge is -2.23. The van der Waals surface area contributed by atoms with Crippen LogP contribution in [0.1, 0.15) is 53.4 Å². The van der Waals surface area contributed by atoms with Crippen molar-refractivity contribution in [1.29, 1.82) is 0 Å². The second kappa shape index (κ2) is 7.20. The minimum absolute atomic E-state index is 0.00691. The van der Waals surface area contributed by atoms with Crippen molar-refractivity contribution < 1.29 is 9.72 Å². The standard InChI is InChI=1S/C13H23NO3/c1-5-6-7-8-9-13(4,14(16)17)11(2)10-12(3)15/h8-9,11H,5-7,10H2,1-4H3/b9-8+/t11-,13-/m1/s1. The zero-order valence-corrected chi connectivity index (χ0v) is 11.2. The highest BCUT2D eigenvalue weighted by Gasteiger charge is 2.40. The maximum atomic E-state index is 11.2. The van der Waals surface area contributed by atoms with Gasteiger partial charge < -0.3 is 4.79 Å². The van der Waals surface area contributed by atoms with E-state index in [0.29, 0.717) is 0 Å². The van der Waals surface area contributed by atoms with Gasteiger partial charge in [-0.25, -0.2) is 0 Å². The molecule has 0 bridgehead atoms. The zero-order chi connectivity index (χ0) is 13.5. The molecule has 0 aromatic rings. The fraction of sp³-hybridized carbons (Fsp3) is 0.769. The molecule has 0 radical (unpaired) electrons. The van der Waals surface area contributed by atoms with Crippen molar-refractivity contribution in [1.82, 2.24) is 0 Å². The summed E-state index contributed by atoms with van der Waals surface area (Å²) in [7, 11) is 0. The smallest absolute Gasteiger partial charge is 0.240 e. The van der Waals surface area contributed by atoms with Gasteiger partial charge in [-0.1, -0.05) is 32.8 Å². The first-order chi connectivity index (χ1) is 7.84. The molecule has 0 aromatic carbocycles. The second-order valence-corrected chi connectivity index (χ2v) is 4.83. The predicted molar refractivity (Wildman–Crippen MR) is 68.5 cm³/mol. The van der Waals surface area contributed by atoms with Crippen LogP contribution in [-0.4, -0.2) is 16.2 Å². The summed E-state index contributed by atoms with van der Waals surface area (Å²) in [5.74, 6) is -0.291. The number of hydrogen-bond acceptors (Lipinski definition) is 3. The molecule has 0 spiro atoms. The van der Waals surface area contributed by atoms with Crippen LogP contribution >= 0.6 is 0 Å². The molecule has 0 unspecified atom stereocenters. The average Bonchev–Trinajstić information content (AvgIpc) is 2.22. The summed E-state index contributed by atoms with van der Waals surface area (Å²) in [6.07, 6.45) is 6.72. The van der Waals surface area contributed by atoms with Crippen LogP contribution < -0.4 is 0 Å². The van der Waals surface area contributed by atoms with Crippen LogP contribution in [0.3, 0.4) is 0 Å². The molecule has 0 aliphatic carbocycles. The van der Waals surface area contributed by atoms with Gasteiger partial charge in [-0.3, -0.25) is 10.1 Å². The highest BCUT2D eigenvalue weighted by molar-refractivity contribution is 5.75. The molecule has 0 saturated carbocycles. The van der Waals surface area contributed by atoms with E-state index >= 15 is 0 Å². The molecule has 0 saturated heterocycles. The van der Waals surface area contributed by atoms with E-state index in [-0.39, 0.29) is 23.0 Å². The number of allylic oxidation sites excluding steroid dienone is 1. The Morgan fingerprint density at radius 1 is 1.53 bits per heavy atom. The number of rotatable bonds is 8. The van der Waals surface area contributed by atoms with Crippen molar-refractivity contribution in [3.8, 4) is 0 Å². The molecule has 4 heteroatoms. The summed E-state index contributed by atoms with van der Waals surface area (Å²) in [6, 6.07) is 0. The molecule has 0 aliphatic heterocycles. The van der Waals surface area contributed by atoms with E-state index < -0.39 is 5.54 Å². The van der Waals surface area contributed by atoms with Gasteiger partial charge in [0.25, 0.3) is 0 Å². The third-order valence-corrected chi connectivity index (χ3v) is 3.16. The van der Waals surface area contributed by atoms with Crippen LogP contribution in [0, 0.1) is 16.0 Å². The molecule has 17 heavy (non-hydrogen) atoms. The first kappa shape index (κ1) is 15.8. The first-order valence-corrected chi connectivity index (χ1v) is 6.16. The molecule has 0 aromatic heterocycles. The van der Waals surface area contributed by atoms with E-state index in [9.17, 15) is 14.9 Å². The van der Waals surface area contributed by atoms with Gasteiger partial charge in [0.15, 0.2) is 0 Å². The van der Waals surface area contributed by atoms with Gasteiger partial charge >= 0.3 is 0 Å². The summed E-state index contributed by atoms with van der Waals surface area (Å²) in [4.78, 5) is 21.9. The Morgan fingerprint density at radius 2 is 2.12 bits per heavy atom. The van der Waals surface area contributed by atoms with Crippen LogP contribution in [0.15, 0.2) is 12.2 Å². The van der Waals surface area contributed by atoms with E-state index in [2.05, 4.69) is 6.92 Å². The summed E-state index contributed by atoms with van der Waals surface area (Å²) in [5.41, 5.74) is -1.14. The van der Waals surface area contributed by atoms with Crippen molar-refractivity contribution in [2.24, 2.45) is 5.92 Å². The average molecular weight is 241 g/mol. The van der Waals surface area contributed by atoms with Crippen LogP contribution in [0.25, 0.3) is 0 Å². The molecule has 0 rings (SSSR count). The lowest BCUT2D eigenvalue weighted by atomic mass is 9.83. The van der Waals surface area contributed by atoms with Crippen molar-refractivity contribution in [2.75, 3.05) is 0 Å². The fourth-order valence-electron chi connectivity index (χ4n) is 1.69. The quantitative estimate of drug-likeness (QED) is 0.283. The molecule has 0 aliphatic rings. The SMILES string of the molecule is CCCC/C=C/[C@](C)([C@H](C)CC(C)=O)[N+](=O)[O-]. The lowest BCUT2D eigenvalue weighted by Crippen LogP contribution is -2.40. The molecule has 0 amide bonds. The molecule has 0 N–H and O–H groups in total. The highest BCUT2D eigenvalue weighted by Crippen LogP contribution is 2.26. The maximum Gasteiger partial charge on any atom is 0.240 e. The van der Waals surface area contributed by atoms with E-state index in [1.165, 1.54) is 6.92 Å². The molecule has 2 atom stereocenters. The minimum atomic E-state index is -1.14. The van der Waals surface area contributed by atoms with Gasteiger partial charge in [-0.05, 0) is 19.4 Å². The van der Waals surface area contributed by atoms with E-state index in [4.69, 9.17) is 0 Å². The van der Waals surface area contributed by atoms with Crippen LogP contribution in [0.5, 0.6) is 0 Å². The number of nitro groups is 1. The normalized spacial score (nSPS) is 16.7. The van der Waals surface area contributed by atoms with Gasteiger partial charge in [-0.2, -0.15) is 0 Å². The number of carbonyl (C=O) groups excluding carboxylic acids is 1.